The van der Waals surface area contributed by atoms with Crippen LogP contribution in [0.25, 0.3) is 0 Å². The van der Waals surface area contributed by atoms with E-state index >= 15 is 0 Å². The van der Waals surface area contributed by atoms with Gasteiger partial charge in [-0.3, -0.25) is 9.59 Å². The number of ether oxygens (including phenoxy) is 1. The Bertz CT molecular complexity index is 683. The third kappa shape index (κ3) is 4.34. The summed E-state index contributed by atoms with van der Waals surface area (Å²) >= 11 is 0. The van der Waals surface area contributed by atoms with Crippen molar-refractivity contribution < 1.29 is 14.3 Å². The predicted molar refractivity (Wildman–Crippen MR) is 83.5 cm³/mol. The molecule has 0 unspecified atom stereocenters. The van der Waals surface area contributed by atoms with Gasteiger partial charge in [0, 0.05) is 12.1 Å². The van der Waals surface area contributed by atoms with E-state index in [9.17, 15) is 9.59 Å². The molecule has 5 heteroatoms. The van der Waals surface area contributed by atoms with E-state index in [1.165, 1.54) is 0 Å². The van der Waals surface area contributed by atoms with Gasteiger partial charge in [-0.15, -0.1) is 0 Å². The Kier molecular flexibility index (Phi) is 5.14. The number of primary amides is 1. The Morgan fingerprint density at radius 3 is 2.64 bits per heavy atom. The summed E-state index contributed by atoms with van der Waals surface area (Å²) < 4.78 is 5.19. The van der Waals surface area contributed by atoms with Crippen LogP contribution < -0.4 is 15.8 Å². The first kappa shape index (κ1) is 15.6. The van der Waals surface area contributed by atoms with E-state index in [2.05, 4.69) is 5.32 Å². The lowest BCUT2D eigenvalue weighted by atomic mass is 10.1. The molecule has 114 valence electrons. The molecule has 0 aliphatic rings. The Labute approximate surface area is 129 Å². The van der Waals surface area contributed by atoms with Gasteiger partial charge in [0.2, 0.25) is 0 Å². The Morgan fingerprint density at radius 2 is 1.91 bits per heavy atom. The summed E-state index contributed by atoms with van der Waals surface area (Å²) in [7, 11) is 0. The summed E-state index contributed by atoms with van der Waals surface area (Å²) in [6.07, 6.45) is 0. The number of aryl methyl sites for hydroxylation is 1. The van der Waals surface area contributed by atoms with Crippen LogP contribution >= 0.6 is 0 Å². The van der Waals surface area contributed by atoms with Crippen molar-refractivity contribution >= 4 is 11.8 Å². The van der Waals surface area contributed by atoms with Gasteiger partial charge in [0.05, 0.1) is 0 Å². The fourth-order valence-electron chi connectivity index (χ4n) is 1.97. The second kappa shape index (κ2) is 7.26. The minimum Gasteiger partial charge on any atom is -0.484 e. The van der Waals surface area contributed by atoms with E-state index in [0.29, 0.717) is 17.9 Å². The molecule has 0 radical (unpaired) electrons. The van der Waals surface area contributed by atoms with Gasteiger partial charge in [0.1, 0.15) is 5.75 Å². The van der Waals surface area contributed by atoms with Crippen molar-refractivity contribution in [3.63, 3.8) is 0 Å². The second-order valence-corrected chi connectivity index (χ2v) is 4.89. The zero-order valence-electron chi connectivity index (χ0n) is 12.3. The largest absolute Gasteiger partial charge is 0.484 e. The molecule has 0 fully saturated rings. The van der Waals surface area contributed by atoms with E-state index in [-0.39, 0.29) is 12.5 Å². The summed E-state index contributed by atoms with van der Waals surface area (Å²) in [5.41, 5.74) is 7.68. The Balaban J connectivity index is 1.99. The molecule has 0 saturated carbocycles. The van der Waals surface area contributed by atoms with E-state index in [4.69, 9.17) is 10.5 Å². The molecule has 2 aromatic carbocycles. The lowest BCUT2D eigenvalue weighted by molar-refractivity contribution is -0.119. The van der Waals surface area contributed by atoms with Crippen LogP contribution in [0.4, 0.5) is 0 Å². The molecule has 22 heavy (non-hydrogen) atoms. The molecule has 5 nitrogen and oxygen atoms in total. The zero-order valence-corrected chi connectivity index (χ0v) is 12.3. The number of rotatable bonds is 6. The van der Waals surface area contributed by atoms with Crippen molar-refractivity contribution in [1.29, 1.82) is 0 Å². The van der Waals surface area contributed by atoms with Gasteiger partial charge in [0.15, 0.2) is 6.61 Å². The first-order valence-corrected chi connectivity index (χ1v) is 6.90. The number of nitrogens with two attached hydrogens (primary N) is 1. The highest BCUT2D eigenvalue weighted by Crippen LogP contribution is 2.13. The minimum atomic E-state index is -0.561. The van der Waals surface area contributed by atoms with Crippen LogP contribution in [0.2, 0.25) is 0 Å². The van der Waals surface area contributed by atoms with E-state index in [0.717, 1.165) is 11.1 Å². The number of nitrogens with one attached hydrogen (secondary N) is 1. The molecule has 2 rings (SSSR count). The molecule has 0 bridgehead atoms. The smallest absolute Gasteiger partial charge is 0.255 e. The van der Waals surface area contributed by atoms with E-state index < -0.39 is 5.91 Å². The highest BCUT2D eigenvalue weighted by molar-refractivity contribution is 5.94. The average molecular weight is 298 g/mol. The van der Waals surface area contributed by atoms with Crippen LogP contribution in [0.3, 0.4) is 0 Å². The van der Waals surface area contributed by atoms with Crippen LogP contribution in [0.15, 0.2) is 48.5 Å². The number of hydrogen-bond acceptors (Lipinski definition) is 3. The maximum Gasteiger partial charge on any atom is 0.255 e. The molecule has 0 spiro atoms. The van der Waals surface area contributed by atoms with Crippen LogP contribution in [-0.4, -0.2) is 18.4 Å². The third-order valence-electron chi connectivity index (χ3n) is 3.18. The molecule has 0 aliphatic heterocycles. The van der Waals surface area contributed by atoms with Crippen LogP contribution in [-0.2, 0) is 11.3 Å². The van der Waals surface area contributed by atoms with Gasteiger partial charge < -0.3 is 15.8 Å². The van der Waals surface area contributed by atoms with Crippen molar-refractivity contribution in [2.45, 2.75) is 13.5 Å². The fourth-order valence-corrected chi connectivity index (χ4v) is 1.97. The summed E-state index contributed by atoms with van der Waals surface area (Å²) in [5.74, 6) is -0.329. The first-order valence-electron chi connectivity index (χ1n) is 6.90. The maximum atomic E-state index is 12.2. The van der Waals surface area contributed by atoms with Crippen LogP contribution in [0.1, 0.15) is 21.5 Å². The number of hydrogen-bond donors (Lipinski definition) is 2. The van der Waals surface area contributed by atoms with E-state index in [1.807, 2.05) is 31.2 Å². The SMILES string of the molecule is Cc1ccccc1CNC(=O)c1cccc(OCC(N)=O)c1. The molecule has 0 aliphatic carbocycles. The van der Waals surface area contributed by atoms with Gasteiger partial charge in [-0.2, -0.15) is 0 Å². The molecular formula is C17H18N2O3. The number of carbonyl (C=O) groups excluding carboxylic acids is 2. The maximum absolute atomic E-state index is 12.2. The standard InChI is InChI=1S/C17H18N2O3/c1-12-5-2-3-6-14(12)10-19-17(21)13-7-4-8-15(9-13)22-11-16(18)20/h2-9H,10-11H2,1H3,(H2,18,20)(H,19,21). The summed E-state index contributed by atoms with van der Waals surface area (Å²) in [6.45, 7) is 2.24. The Morgan fingerprint density at radius 1 is 1.14 bits per heavy atom. The molecular weight excluding hydrogens is 280 g/mol. The number of amides is 2. The Hall–Kier alpha value is -2.82. The van der Waals surface area contributed by atoms with Crippen molar-refractivity contribution in [3.05, 3.63) is 65.2 Å². The van der Waals surface area contributed by atoms with E-state index in [1.54, 1.807) is 24.3 Å². The number of benzene rings is 2. The zero-order chi connectivity index (χ0) is 15.9. The molecule has 2 amide bonds. The number of carbonyl (C=O) groups is 2. The topological polar surface area (TPSA) is 81.4 Å². The highest BCUT2D eigenvalue weighted by Gasteiger charge is 2.08. The molecule has 0 aromatic heterocycles. The van der Waals surface area contributed by atoms with Crippen molar-refractivity contribution in [1.82, 2.24) is 5.32 Å². The summed E-state index contributed by atoms with van der Waals surface area (Å²) in [5, 5.41) is 2.86. The molecule has 2 aromatic rings. The van der Waals surface area contributed by atoms with Gasteiger partial charge in [-0.25, -0.2) is 0 Å². The average Bonchev–Trinajstić information content (AvgIpc) is 2.52. The van der Waals surface area contributed by atoms with Crippen LogP contribution in [0, 0.1) is 6.92 Å². The van der Waals surface area contributed by atoms with Crippen molar-refractivity contribution in [2.75, 3.05) is 6.61 Å². The second-order valence-electron chi connectivity index (χ2n) is 4.89. The summed E-state index contributed by atoms with van der Waals surface area (Å²) in [4.78, 5) is 22.9. The quantitative estimate of drug-likeness (QED) is 0.853. The van der Waals surface area contributed by atoms with Crippen molar-refractivity contribution in [3.8, 4) is 5.75 Å². The van der Waals surface area contributed by atoms with Gasteiger partial charge in [0.25, 0.3) is 11.8 Å². The highest BCUT2D eigenvalue weighted by atomic mass is 16.5. The molecule has 0 saturated heterocycles. The first-order chi connectivity index (χ1) is 10.6. The third-order valence-corrected chi connectivity index (χ3v) is 3.18. The molecule has 0 atom stereocenters. The summed E-state index contributed by atoms with van der Waals surface area (Å²) in [6, 6.07) is 14.5. The minimum absolute atomic E-state index is 0.201. The molecule has 0 heterocycles. The van der Waals surface area contributed by atoms with Gasteiger partial charge in [-0.1, -0.05) is 30.3 Å². The molecule has 3 N–H and O–H groups in total. The van der Waals surface area contributed by atoms with Gasteiger partial charge in [-0.05, 0) is 36.2 Å². The van der Waals surface area contributed by atoms with Crippen LogP contribution in [0.5, 0.6) is 5.75 Å². The lowest BCUT2D eigenvalue weighted by Gasteiger charge is -2.09. The fraction of sp³-hybridized carbons (Fsp3) is 0.176. The normalized spacial score (nSPS) is 10.0. The lowest BCUT2D eigenvalue weighted by Crippen LogP contribution is -2.23. The van der Waals surface area contributed by atoms with Gasteiger partial charge >= 0.3 is 0 Å². The monoisotopic (exact) mass is 298 g/mol. The van der Waals surface area contributed by atoms with Crippen molar-refractivity contribution in [2.24, 2.45) is 5.73 Å². The predicted octanol–water partition coefficient (Wildman–Crippen LogP) is 1.79.